The summed E-state index contributed by atoms with van der Waals surface area (Å²) in [6.07, 6.45) is 0.400. The predicted molar refractivity (Wildman–Crippen MR) is 127 cm³/mol. The maximum Gasteiger partial charge on any atom is 0.227 e. The first-order chi connectivity index (χ1) is 15.9. The molecule has 0 spiro atoms. The van der Waals surface area contributed by atoms with Gasteiger partial charge in [-0.05, 0) is 58.0 Å². The van der Waals surface area contributed by atoms with E-state index in [1.807, 2.05) is 51.1 Å². The molecule has 178 valence electrons. The third-order valence-electron chi connectivity index (χ3n) is 5.16. The van der Waals surface area contributed by atoms with Crippen molar-refractivity contribution >= 4 is 0 Å². The Morgan fingerprint density at radius 2 is 1.88 bits per heavy atom. The lowest BCUT2D eigenvalue weighted by Gasteiger charge is -2.25. The number of aliphatic hydroxyl groups excluding tert-OH is 1. The van der Waals surface area contributed by atoms with Crippen molar-refractivity contribution in [3.05, 3.63) is 71.7 Å². The Labute approximate surface area is 195 Å². The summed E-state index contributed by atoms with van der Waals surface area (Å²) >= 11 is 0. The zero-order valence-corrected chi connectivity index (χ0v) is 19.9. The molecule has 0 bridgehead atoms. The largest absolute Gasteiger partial charge is 0.438 e. The Kier molecular flexibility index (Phi) is 9.00. The van der Waals surface area contributed by atoms with E-state index in [0.717, 1.165) is 29.9 Å². The number of aromatic nitrogens is 2. The Morgan fingerprint density at radius 3 is 2.55 bits per heavy atom. The van der Waals surface area contributed by atoms with Gasteiger partial charge >= 0.3 is 0 Å². The number of hydrogen-bond donors (Lipinski definition) is 1. The number of ether oxygens (including phenoxy) is 2. The summed E-state index contributed by atoms with van der Waals surface area (Å²) < 4.78 is 27.4. The summed E-state index contributed by atoms with van der Waals surface area (Å²) in [4.78, 5) is 2.17. The Balaban J connectivity index is 1.92. The molecule has 0 saturated heterocycles. The van der Waals surface area contributed by atoms with Gasteiger partial charge in [0.15, 0.2) is 0 Å². The summed E-state index contributed by atoms with van der Waals surface area (Å²) in [5.41, 5.74) is 2.57. The first-order valence-corrected chi connectivity index (χ1v) is 11.5. The molecule has 0 aliphatic rings. The zero-order chi connectivity index (χ0) is 23.8. The van der Waals surface area contributed by atoms with Crippen LogP contribution in [0.2, 0.25) is 0 Å². The molecule has 0 aliphatic heterocycles. The summed E-state index contributed by atoms with van der Waals surface area (Å²) in [6, 6.07) is 15.8. The van der Waals surface area contributed by atoms with Crippen LogP contribution in [0.5, 0.6) is 11.6 Å². The van der Waals surface area contributed by atoms with Gasteiger partial charge in [0.1, 0.15) is 11.6 Å². The maximum atomic E-state index is 13.8. The third kappa shape index (κ3) is 7.12. The number of aryl methyl sites for hydroxylation is 1. The molecule has 1 N–H and O–H groups in total. The minimum atomic E-state index is -0.601. The number of benzene rings is 2. The topological polar surface area (TPSA) is 59.8 Å². The first-order valence-electron chi connectivity index (χ1n) is 11.5. The van der Waals surface area contributed by atoms with Gasteiger partial charge in [-0.15, -0.1) is 0 Å². The molecule has 0 amide bonds. The van der Waals surface area contributed by atoms with Crippen LogP contribution in [0.3, 0.4) is 0 Å². The van der Waals surface area contributed by atoms with E-state index in [9.17, 15) is 9.50 Å². The van der Waals surface area contributed by atoms with E-state index >= 15 is 0 Å². The molecule has 0 fully saturated rings. The van der Waals surface area contributed by atoms with Crippen LogP contribution >= 0.6 is 0 Å². The van der Waals surface area contributed by atoms with Crippen LogP contribution < -0.4 is 4.74 Å². The number of halogens is 1. The molecule has 1 heterocycles. The van der Waals surface area contributed by atoms with Gasteiger partial charge in [-0.1, -0.05) is 31.2 Å². The Hall–Kier alpha value is -2.74. The SMILES string of the molecule is CCCN(Cc1c(C)nn(-c2ccccc2)c1Oc1cccc(F)c1)C[C@@H](O)COC(C)C. The van der Waals surface area contributed by atoms with E-state index in [2.05, 4.69) is 11.8 Å². The van der Waals surface area contributed by atoms with Gasteiger partial charge in [-0.3, -0.25) is 4.90 Å². The highest BCUT2D eigenvalue weighted by Crippen LogP contribution is 2.32. The summed E-state index contributed by atoms with van der Waals surface area (Å²) in [6.45, 7) is 10.0. The fourth-order valence-electron chi connectivity index (χ4n) is 3.64. The standard InChI is InChI=1S/C26H34FN3O3/c1-5-14-29(16-23(31)18-32-19(2)3)17-25-20(4)28-30(22-11-7-6-8-12-22)26(25)33-24-13-9-10-21(27)15-24/h6-13,15,19,23,31H,5,14,16-18H2,1-4H3/t23-/m1/s1. The monoisotopic (exact) mass is 455 g/mol. The van der Waals surface area contributed by atoms with Crippen LogP contribution in [0.25, 0.3) is 5.69 Å². The smallest absolute Gasteiger partial charge is 0.227 e. The fraction of sp³-hybridized carbons (Fsp3) is 0.423. The molecule has 33 heavy (non-hydrogen) atoms. The Bertz CT molecular complexity index is 1010. The molecule has 7 heteroatoms. The van der Waals surface area contributed by atoms with Crippen molar-refractivity contribution in [1.29, 1.82) is 0 Å². The summed E-state index contributed by atoms with van der Waals surface area (Å²) in [7, 11) is 0. The number of para-hydroxylation sites is 1. The highest BCUT2D eigenvalue weighted by atomic mass is 19.1. The molecule has 2 aromatic carbocycles. The minimum absolute atomic E-state index is 0.0666. The van der Waals surface area contributed by atoms with Crippen LogP contribution in [0.1, 0.15) is 38.4 Å². The summed E-state index contributed by atoms with van der Waals surface area (Å²) in [5.74, 6) is 0.580. The lowest BCUT2D eigenvalue weighted by molar-refractivity contribution is -0.00957. The van der Waals surface area contributed by atoms with Crippen molar-refractivity contribution in [2.45, 2.75) is 52.9 Å². The number of rotatable bonds is 12. The molecule has 1 atom stereocenters. The summed E-state index contributed by atoms with van der Waals surface area (Å²) in [5, 5.41) is 15.2. The molecule has 0 saturated carbocycles. The van der Waals surface area contributed by atoms with Crippen LogP contribution in [0.15, 0.2) is 54.6 Å². The second-order valence-electron chi connectivity index (χ2n) is 8.45. The average molecular weight is 456 g/mol. The van der Waals surface area contributed by atoms with E-state index in [-0.39, 0.29) is 18.5 Å². The second-order valence-corrected chi connectivity index (χ2v) is 8.45. The lowest BCUT2D eigenvalue weighted by atomic mass is 10.2. The highest BCUT2D eigenvalue weighted by Gasteiger charge is 2.22. The molecule has 0 unspecified atom stereocenters. The van der Waals surface area contributed by atoms with Gasteiger partial charge in [0, 0.05) is 19.2 Å². The molecule has 3 aromatic rings. The van der Waals surface area contributed by atoms with Gasteiger partial charge in [-0.25, -0.2) is 9.07 Å². The molecule has 0 radical (unpaired) electrons. The van der Waals surface area contributed by atoms with Crippen molar-refractivity contribution in [1.82, 2.24) is 14.7 Å². The van der Waals surface area contributed by atoms with Crippen molar-refractivity contribution in [2.75, 3.05) is 19.7 Å². The van der Waals surface area contributed by atoms with Crippen molar-refractivity contribution in [3.8, 4) is 17.3 Å². The van der Waals surface area contributed by atoms with Crippen LogP contribution in [0, 0.1) is 12.7 Å². The van der Waals surface area contributed by atoms with Gasteiger partial charge in [0.2, 0.25) is 5.88 Å². The predicted octanol–water partition coefficient (Wildman–Crippen LogP) is 5.11. The highest BCUT2D eigenvalue weighted by molar-refractivity contribution is 5.43. The maximum absolute atomic E-state index is 13.8. The zero-order valence-electron chi connectivity index (χ0n) is 19.9. The number of nitrogens with zero attached hydrogens (tertiary/aromatic N) is 3. The van der Waals surface area contributed by atoms with E-state index < -0.39 is 6.10 Å². The van der Waals surface area contributed by atoms with Crippen LogP contribution in [0.4, 0.5) is 4.39 Å². The van der Waals surface area contributed by atoms with Gasteiger partial charge in [-0.2, -0.15) is 5.10 Å². The molecule has 0 aliphatic carbocycles. The Morgan fingerprint density at radius 1 is 1.12 bits per heavy atom. The van der Waals surface area contributed by atoms with Crippen molar-refractivity contribution in [3.63, 3.8) is 0 Å². The number of aliphatic hydroxyl groups is 1. The van der Waals surface area contributed by atoms with Crippen molar-refractivity contribution in [2.24, 2.45) is 0 Å². The minimum Gasteiger partial charge on any atom is -0.438 e. The first kappa shape index (κ1) is 24.9. The van der Waals surface area contributed by atoms with Gasteiger partial charge in [0.25, 0.3) is 0 Å². The van der Waals surface area contributed by atoms with E-state index in [0.29, 0.717) is 24.7 Å². The van der Waals surface area contributed by atoms with Crippen LogP contribution in [-0.2, 0) is 11.3 Å². The molecule has 3 rings (SSSR count). The fourth-order valence-corrected chi connectivity index (χ4v) is 3.64. The molecular weight excluding hydrogens is 421 g/mol. The average Bonchev–Trinajstić information content (AvgIpc) is 3.08. The normalized spacial score (nSPS) is 12.5. The van der Waals surface area contributed by atoms with E-state index in [1.54, 1.807) is 16.8 Å². The lowest BCUT2D eigenvalue weighted by Crippen LogP contribution is -2.35. The van der Waals surface area contributed by atoms with Gasteiger partial charge < -0.3 is 14.6 Å². The number of hydrogen-bond acceptors (Lipinski definition) is 5. The second kappa shape index (κ2) is 11.9. The van der Waals surface area contributed by atoms with Crippen molar-refractivity contribution < 1.29 is 19.0 Å². The van der Waals surface area contributed by atoms with E-state index in [4.69, 9.17) is 14.6 Å². The quantitative estimate of drug-likeness (QED) is 0.411. The van der Waals surface area contributed by atoms with E-state index in [1.165, 1.54) is 12.1 Å². The molecule has 6 nitrogen and oxygen atoms in total. The van der Waals surface area contributed by atoms with Crippen LogP contribution in [-0.4, -0.2) is 51.7 Å². The third-order valence-corrected chi connectivity index (χ3v) is 5.16. The van der Waals surface area contributed by atoms with Gasteiger partial charge in [0.05, 0.1) is 35.8 Å². The molecule has 1 aromatic heterocycles. The molecular formula is C26H34FN3O3.